The van der Waals surface area contributed by atoms with Crippen molar-refractivity contribution in [2.24, 2.45) is 0 Å². The molecule has 5 rings (SSSR count). The molecule has 44 heavy (non-hydrogen) atoms. The lowest BCUT2D eigenvalue weighted by Crippen LogP contribution is -2.33. The Kier molecular flexibility index (Phi) is 11.0. The summed E-state index contributed by atoms with van der Waals surface area (Å²) in [6.45, 7) is 3.53. The fourth-order valence-corrected chi connectivity index (χ4v) is 6.44. The van der Waals surface area contributed by atoms with Crippen LogP contribution < -0.4 is 14.8 Å². The molecule has 0 saturated carbocycles. The van der Waals surface area contributed by atoms with Crippen LogP contribution in [-0.2, 0) is 34.2 Å². The number of hydrogen-bond donors (Lipinski definition) is 3. The summed E-state index contributed by atoms with van der Waals surface area (Å²) < 4.78 is 80.4. The Morgan fingerprint density at radius 2 is 1.66 bits per heavy atom. The molecule has 2 aliphatic rings. The Morgan fingerprint density at radius 1 is 1.02 bits per heavy atom. The topological polar surface area (TPSA) is 108 Å². The number of carbonyl (C=O) groups is 1. The maximum Gasteiger partial charge on any atom is 0.490 e. The molecular weight excluding hydrogens is 602 g/mol. The number of nitrogens with zero attached hydrogens (tertiary/aromatic N) is 1. The molecule has 238 valence electrons. The van der Waals surface area contributed by atoms with E-state index in [0.717, 1.165) is 49.9 Å². The smallest absolute Gasteiger partial charge is 0.490 e. The van der Waals surface area contributed by atoms with Crippen LogP contribution in [-0.4, -0.2) is 69.9 Å². The van der Waals surface area contributed by atoms with Crippen LogP contribution in [0.1, 0.15) is 29.5 Å². The van der Waals surface area contributed by atoms with Gasteiger partial charge in [0.1, 0.15) is 16.5 Å². The molecule has 1 fully saturated rings. The number of aliphatic carboxylic acids is 1. The molecule has 0 radical (unpaired) electrons. The maximum absolute atomic E-state index is 15.1. The number of hydrogen-bond acceptors (Lipinski definition) is 6. The Bertz CT molecular complexity index is 1540. The average Bonchev–Trinajstić information content (AvgIpc) is 3.65. The lowest BCUT2D eigenvalue weighted by atomic mass is 10.0. The number of sulfonamides is 1. The summed E-state index contributed by atoms with van der Waals surface area (Å²) in [7, 11) is -2.36. The van der Waals surface area contributed by atoms with Crippen molar-refractivity contribution < 1.29 is 40.6 Å². The fourth-order valence-electron chi connectivity index (χ4n) is 5.36. The Hall–Kier alpha value is -3.52. The summed E-state index contributed by atoms with van der Waals surface area (Å²) in [6.07, 6.45) is -0.796. The quantitative estimate of drug-likeness (QED) is 0.275. The number of rotatable bonds is 10. The van der Waals surface area contributed by atoms with Gasteiger partial charge in [-0.3, -0.25) is 0 Å². The van der Waals surface area contributed by atoms with Crippen LogP contribution >= 0.6 is 0 Å². The number of carboxylic acid groups (broad SMARTS) is 1. The van der Waals surface area contributed by atoms with Gasteiger partial charge in [0.15, 0.2) is 0 Å². The van der Waals surface area contributed by atoms with Crippen molar-refractivity contribution in [1.29, 1.82) is 0 Å². The Morgan fingerprint density at radius 3 is 2.23 bits per heavy atom. The van der Waals surface area contributed by atoms with Gasteiger partial charge in [-0.25, -0.2) is 22.3 Å². The number of ether oxygens (including phenoxy) is 1. The molecule has 0 amide bonds. The molecule has 13 heteroatoms. The van der Waals surface area contributed by atoms with Crippen LogP contribution in [0.15, 0.2) is 65.6 Å². The highest BCUT2D eigenvalue weighted by Gasteiger charge is 2.38. The van der Waals surface area contributed by atoms with E-state index >= 15 is 4.39 Å². The van der Waals surface area contributed by atoms with E-state index in [0.29, 0.717) is 30.4 Å². The molecule has 0 aromatic heterocycles. The van der Waals surface area contributed by atoms with Gasteiger partial charge in [-0.1, -0.05) is 36.4 Å². The summed E-state index contributed by atoms with van der Waals surface area (Å²) in [6, 6.07) is 19.0. The first-order valence-corrected chi connectivity index (χ1v) is 15.6. The number of methoxy groups -OCH3 is 1. The van der Waals surface area contributed by atoms with E-state index in [-0.39, 0.29) is 11.4 Å². The van der Waals surface area contributed by atoms with Crippen molar-refractivity contribution in [3.05, 3.63) is 83.2 Å². The monoisotopic (exact) mass is 637 g/mol. The van der Waals surface area contributed by atoms with E-state index in [2.05, 4.69) is 39.2 Å². The zero-order chi connectivity index (χ0) is 31.9. The van der Waals surface area contributed by atoms with E-state index < -0.39 is 28.0 Å². The highest BCUT2D eigenvalue weighted by atomic mass is 32.2. The van der Waals surface area contributed by atoms with Gasteiger partial charge in [0, 0.05) is 31.2 Å². The third-order valence-corrected chi connectivity index (χ3v) is 9.10. The van der Waals surface area contributed by atoms with Crippen LogP contribution in [0.25, 0.3) is 11.1 Å². The highest BCUT2D eigenvalue weighted by Crippen LogP contribution is 2.33. The number of fused-ring (bicyclic) bond motifs is 1. The minimum absolute atomic E-state index is 0.262. The number of halogens is 4. The number of alkyl halides is 3. The van der Waals surface area contributed by atoms with Gasteiger partial charge < -0.3 is 20.1 Å². The van der Waals surface area contributed by atoms with Crippen molar-refractivity contribution in [2.75, 3.05) is 33.3 Å². The van der Waals surface area contributed by atoms with Crippen molar-refractivity contribution >= 4 is 16.0 Å². The van der Waals surface area contributed by atoms with Crippen LogP contribution in [0.5, 0.6) is 5.75 Å². The van der Waals surface area contributed by atoms with Gasteiger partial charge in [0.05, 0.1) is 7.11 Å². The standard InChI is InChI=1S/C29H34FN3O3S.C2HF3O2/c1-36-28-10-8-21(20-31-25-17-22-6-2-3-7-23(22)18-25)16-26(28)24-9-11-29(27(30)19-24)37(34,35)32-12-15-33-13-4-5-14-33;3-2(4,5)1(6)7/h2-3,6-11,16,19,25,31-32H,4-5,12-15,17-18,20H2,1H3;(H,6,7). The van der Waals surface area contributed by atoms with Crippen molar-refractivity contribution in [1.82, 2.24) is 14.9 Å². The fraction of sp³-hybridized carbons (Fsp3) is 0.387. The number of benzene rings is 3. The number of likely N-dealkylation sites (tertiary alicyclic amines) is 1. The van der Waals surface area contributed by atoms with Gasteiger partial charge in [0.2, 0.25) is 10.0 Å². The van der Waals surface area contributed by atoms with Crippen LogP contribution in [0.4, 0.5) is 17.6 Å². The molecule has 0 atom stereocenters. The molecule has 3 N–H and O–H groups in total. The van der Waals surface area contributed by atoms with Crippen molar-refractivity contribution in [3.8, 4) is 16.9 Å². The van der Waals surface area contributed by atoms with Gasteiger partial charge in [-0.2, -0.15) is 13.2 Å². The molecule has 1 heterocycles. The molecule has 1 saturated heterocycles. The van der Waals surface area contributed by atoms with E-state index in [1.165, 1.54) is 23.3 Å². The lowest BCUT2D eigenvalue weighted by Gasteiger charge is -2.16. The Labute approximate surface area is 254 Å². The SMILES string of the molecule is COc1ccc(CNC2Cc3ccccc3C2)cc1-c1ccc(S(=O)(=O)NCCN2CCCC2)c(F)c1.O=C(O)C(F)(F)F. The minimum Gasteiger partial charge on any atom is -0.496 e. The van der Waals surface area contributed by atoms with Crippen LogP contribution in [0.3, 0.4) is 0 Å². The maximum atomic E-state index is 15.1. The third-order valence-electron chi connectivity index (χ3n) is 7.60. The molecule has 0 bridgehead atoms. The second kappa shape index (κ2) is 14.5. The van der Waals surface area contributed by atoms with Crippen molar-refractivity contribution in [3.63, 3.8) is 0 Å². The predicted molar refractivity (Wildman–Crippen MR) is 157 cm³/mol. The Balaban J connectivity index is 0.000000566. The van der Waals surface area contributed by atoms with Gasteiger partial charge in [-0.15, -0.1) is 0 Å². The number of nitrogens with one attached hydrogen (secondary N) is 2. The summed E-state index contributed by atoms with van der Waals surface area (Å²) in [5, 5.41) is 10.8. The van der Waals surface area contributed by atoms with Crippen molar-refractivity contribution in [2.45, 2.75) is 49.3 Å². The van der Waals surface area contributed by atoms with E-state index in [9.17, 15) is 21.6 Å². The molecule has 3 aromatic carbocycles. The predicted octanol–water partition coefficient (Wildman–Crippen LogP) is 4.77. The molecule has 1 aliphatic carbocycles. The zero-order valence-electron chi connectivity index (χ0n) is 24.2. The van der Waals surface area contributed by atoms with E-state index in [1.807, 2.05) is 18.2 Å². The summed E-state index contributed by atoms with van der Waals surface area (Å²) in [5.41, 5.74) is 5.13. The molecule has 0 spiro atoms. The molecule has 0 unspecified atom stereocenters. The summed E-state index contributed by atoms with van der Waals surface area (Å²) in [5.74, 6) is -2.93. The average molecular weight is 638 g/mol. The second-order valence-corrected chi connectivity index (χ2v) is 12.4. The number of carboxylic acids is 1. The summed E-state index contributed by atoms with van der Waals surface area (Å²) >= 11 is 0. The lowest BCUT2D eigenvalue weighted by molar-refractivity contribution is -0.192. The minimum atomic E-state index is -5.08. The third kappa shape index (κ3) is 8.78. The highest BCUT2D eigenvalue weighted by molar-refractivity contribution is 7.89. The molecule has 1 aliphatic heterocycles. The first-order valence-electron chi connectivity index (χ1n) is 14.2. The van der Waals surface area contributed by atoms with E-state index in [4.69, 9.17) is 14.6 Å². The zero-order valence-corrected chi connectivity index (χ0v) is 25.0. The second-order valence-electron chi connectivity index (χ2n) is 10.7. The molecule has 8 nitrogen and oxygen atoms in total. The largest absolute Gasteiger partial charge is 0.496 e. The van der Waals surface area contributed by atoms with Crippen LogP contribution in [0.2, 0.25) is 0 Å². The van der Waals surface area contributed by atoms with Crippen LogP contribution in [0, 0.1) is 5.82 Å². The normalized spacial score (nSPS) is 15.5. The molecule has 3 aromatic rings. The van der Waals surface area contributed by atoms with Gasteiger partial charge in [0.25, 0.3) is 0 Å². The van der Waals surface area contributed by atoms with E-state index in [1.54, 1.807) is 13.2 Å². The first kappa shape index (κ1) is 33.4. The first-order chi connectivity index (χ1) is 20.9. The molecular formula is C31H35F4N3O5S. The summed E-state index contributed by atoms with van der Waals surface area (Å²) in [4.78, 5) is 10.8. The van der Waals surface area contributed by atoms with Gasteiger partial charge in [-0.05, 0) is 85.3 Å². The van der Waals surface area contributed by atoms with Gasteiger partial charge >= 0.3 is 12.1 Å².